The molecule has 3 nitrogen and oxygen atoms in total. The molecule has 0 spiro atoms. The Morgan fingerprint density at radius 2 is 1.50 bits per heavy atom. The van der Waals surface area contributed by atoms with E-state index in [1.54, 1.807) is 6.92 Å². The highest BCUT2D eigenvalue weighted by Gasteiger charge is 2.17. The van der Waals surface area contributed by atoms with Crippen LogP contribution in [0.3, 0.4) is 0 Å². The van der Waals surface area contributed by atoms with Crippen molar-refractivity contribution in [3.63, 3.8) is 0 Å². The van der Waals surface area contributed by atoms with Crippen molar-refractivity contribution in [3.8, 4) is 0 Å². The lowest BCUT2D eigenvalue weighted by Gasteiger charge is -2.18. The van der Waals surface area contributed by atoms with Gasteiger partial charge in [-0.25, -0.2) is 0 Å². The Bertz CT molecular complexity index is 105. The van der Waals surface area contributed by atoms with E-state index in [0.29, 0.717) is 19.5 Å². The molecule has 1 N–H and O–H groups in total. The highest BCUT2D eigenvalue weighted by molar-refractivity contribution is 4.72. The molecule has 1 radical (unpaired) electrons. The summed E-state index contributed by atoms with van der Waals surface area (Å²) in [6.45, 7) is 7.12. The summed E-state index contributed by atoms with van der Waals surface area (Å²) in [5, 5.41) is 9.32. The van der Waals surface area contributed by atoms with Crippen molar-refractivity contribution in [1.82, 2.24) is 0 Å². The van der Waals surface area contributed by atoms with Gasteiger partial charge in [0, 0.05) is 0 Å². The molecular weight excluding hydrogens is 180 g/mol. The van der Waals surface area contributed by atoms with E-state index in [0.717, 1.165) is 25.7 Å². The van der Waals surface area contributed by atoms with E-state index in [1.165, 1.54) is 0 Å². The average molecular weight is 203 g/mol. The normalized spacial score (nSPS) is 13.5. The molecule has 0 aromatic carbocycles. The molecule has 0 aliphatic rings. The largest absolute Gasteiger partial charge is 0.388 e. The van der Waals surface area contributed by atoms with Gasteiger partial charge in [0.05, 0.1) is 13.2 Å². The first-order valence-electron chi connectivity index (χ1n) is 5.52. The maximum atomic E-state index is 9.32. The minimum absolute atomic E-state index is 0.368. The lowest BCUT2D eigenvalue weighted by atomic mass is 10.3. The standard InChI is InChI=1S/C11H23O3/c1-4-6-8-13-11(10(3)12)14-9-7-5-2/h10,12H,4-9H2,1-3H3. The van der Waals surface area contributed by atoms with Crippen LogP contribution in [0.1, 0.15) is 46.5 Å². The van der Waals surface area contributed by atoms with Crippen LogP contribution < -0.4 is 0 Å². The number of hydrogen-bond donors (Lipinski definition) is 1. The van der Waals surface area contributed by atoms with E-state index in [-0.39, 0.29) is 0 Å². The van der Waals surface area contributed by atoms with Crippen LogP contribution in [-0.2, 0) is 9.47 Å². The van der Waals surface area contributed by atoms with Crippen molar-refractivity contribution in [2.24, 2.45) is 0 Å². The number of unbranched alkanes of at least 4 members (excludes halogenated alkanes) is 2. The van der Waals surface area contributed by atoms with Crippen LogP contribution >= 0.6 is 0 Å². The summed E-state index contributed by atoms with van der Waals surface area (Å²) < 4.78 is 10.7. The maximum Gasteiger partial charge on any atom is 0.253 e. The zero-order valence-electron chi connectivity index (χ0n) is 9.58. The van der Waals surface area contributed by atoms with Gasteiger partial charge < -0.3 is 14.6 Å². The summed E-state index contributed by atoms with van der Waals surface area (Å²) in [6, 6.07) is 0. The minimum Gasteiger partial charge on any atom is -0.388 e. The van der Waals surface area contributed by atoms with Gasteiger partial charge in [-0.15, -0.1) is 0 Å². The van der Waals surface area contributed by atoms with Crippen LogP contribution in [0, 0.1) is 6.29 Å². The Morgan fingerprint density at radius 1 is 1.07 bits per heavy atom. The molecule has 14 heavy (non-hydrogen) atoms. The van der Waals surface area contributed by atoms with Crippen molar-refractivity contribution in [1.29, 1.82) is 0 Å². The van der Waals surface area contributed by atoms with Crippen LogP contribution in [0.15, 0.2) is 0 Å². The Labute approximate surface area is 87.4 Å². The van der Waals surface area contributed by atoms with Gasteiger partial charge in [-0.05, 0) is 19.8 Å². The second-order valence-electron chi connectivity index (χ2n) is 3.40. The lowest BCUT2D eigenvalue weighted by molar-refractivity contribution is -0.0991. The van der Waals surface area contributed by atoms with Gasteiger partial charge in [0.25, 0.3) is 6.29 Å². The monoisotopic (exact) mass is 203 g/mol. The fourth-order valence-electron chi connectivity index (χ4n) is 0.917. The van der Waals surface area contributed by atoms with Crippen LogP contribution in [0.2, 0.25) is 0 Å². The SMILES string of the molecule is CCCCO[C](OCCCC)C(C)O. The summed E-state index contributed by atoms with van der Waals surface area (Å²) in [5.41, 5.74) is 0. The number of ether oxygens (including phenoxy) is 2. The highest BCUT2D eigenvalue weighted by Crippen LogP contribution is 2.12. The Kier molecular flexibility index (Phi) is 9.35. The smallest absolute Gasteiger partial charge is 0.253 e. The van der Waals surface area contributed by atoms with Crippen LogP contribution in [0.4, 0.5) is 0 Å². The molecule has 0 heterocycles. The zero-order chi connectivity index (χ0) is 10.8. The third-order valence-electron chi connectivity index (χ3n) is 1.83. The summed E-state index contributed by atoms with van der Waals surface area (Å²) >= 11 is 0. The number of aliphatic hydroxyl groups excluding tert-OH is 1. The molecule has 3 heteroatoms. The van der Waals surface area contributed by atoms with Crippen molar-refractivity contribution in [2.75, 3.05) is 13.2 Å². The lowest BCUT2D eigenvalue weighted by Crippen LogP contribution is -2.22. The molecule has 0 saturated heterocycles. The second kappa shape index (κ2) is 9.44. The van der Waals surface area contributed by atoms with Crippen molar-refractivity contribution in [2.45, 2.75) is 52.6 Å². The molecule has 0 saturated carbocycles. The summed E-state index contributed by atoms with van der Waals surface area (Å²) in [4.78, 5) is 0. The van der Waals surface area contributed by atoms with Gasteiger partial charge in [0.2, 0.25) is 0 Å². The molecule has 0 aliphatic carbocycles. The van der Waals surface area contributed by atoms with Crippen LogP contribution in [0.25, 0.3) is 0 Å². The molecule has 0 aromatic heterocycles. The average Bonchev–Trinajstić information content (AvgIpc) is 2.15. The number of hydrogen-bond acceptors (Lipinski definition) is 3. The molecule has 1 atom stereocenters. The van der Waals surface area contributed by atoms with Gasteiger partial charge >= 0.3 is 0 Å². The molecule has 0 bridgehead atoms. The van der Waals surface area contributed by atoms with Crippen molar-refractivity contribution < 1.29 is 14.6 Å². The molecule has 0 aromatic rings. The topological polar surface area (TPSA) is 38.7 Å². The molecule has 0 fully saturated rings. The summed E-state index contributed by atoms with van der Waals surface area (Å²) in [6.07, 6.45) is 3.89. The molecule has 0 amide bonds. The van der Waals surface area contributed by atoms with E-state index in [9.17, 15) is 5.11 Å². The predicted octanol–water partition coefficient (Wildman–Crippen LogP) is 2.49. The third-order valence-corrected chi connectivity index (χ3v) is 1.83. The van der Waals surface area contributed by atoms with E-state index >= 15 is 0 Å². The van der Waals surface area contributed by atoms with E-state index in [1.807, 2.05) is 0 Å². The Hall–Kier alpha value is -0.120. The summed E-state index contributed by atoms with van der Waals surface area (Å²) in [5.74, 6) is 0. The first-order valence-corrected chi connectivity index (χ1v) is 5.52. The minimum atomic E-state index is -0.635. The van der Waals surface area contributed by atoms with Gasteiger partial charge in [-0.3, -0.25) is 0 Å². The number of aliphatic hydroxyl groups is 1. The van der Waals surface area contributed by atoms with Gasteiger partial charge in [-0.1, -0.05) is 26.7 Å². The van der Waals surface area contributed by atoms with Crippen molar-refractivity contribution in [3.05, 3.63) is 6.29 Å². The molecule has 0 aliphatic heterocycles. The highest BCUT2D eigenvalue weighted by atomic mass is 16.7. The quantitative estimate of drug-likeness (QED) is 0.585. The number of rotatable bonds is 9. The van der Waals surface area contributed by atoms with E-state index in [2.05, 4.69) is 13.8 Å². The van der Waals surface area contributed by atoms with Gasteiger partial charge in [-0.2, -0.15) is 0 Å². The second-order valence-corrected chi connectivity index (χ2v) is 3.40. The van der Waals surface area contributed by atoms with E-state index < -0.39 is 6.10 Å². The van der Waals surface area contributed by atoms with E-state index in [4.69, 9.17) is 9.47 Å². The molecule has 0 rings (SSSR count). The van der Waals surface area contributed by atoms with Crippen LogP contribution in [0.5, 0.6) is 0 Å². The zero-order valence-corrected chi connectivity index (χ0v) is 9.58. The Morgan fingerprint density at radius 3 is 1.79 bits per heavy atom. The predicted molar refractivity (Wildman–Crippen MR) is 56.6 cm³/mol. The van der Waals surface area contributed by atoms with Crippen molar-refractivity contribution >= 4 is 0 Å². The maximum absolute atomic E-state index is 9.32. The van der Waals surface area contributed by atoms with Crippen LogP contribution in [-0.4, -0.2) is 24.4 Å². The molecule has 1 unspecified atom stereocenters. The summed E-state index contributed by atoms with van der Waals surface area (Å²) in [7, 11) is 0. The fourth-order valence-corrected chi connectivity index (χ4v) is 0.917. The van der Waals surface area contributed by atoms with Gasteiger partial charge in [0.1, 0.15) is 6.10 Å². The third kappa shape index (κ3) is 7.30. The molecular formula is C11H23O3. The Balaban J connectivity index is 3.55. The molecule has 85 valence electrons. The first-order chi connectivity index (χ1) is 6.72. The van der Waals surface area contributed by atoms with Gasteiger partial charge in [0.15, 0.2) is 0 Å². The first kappa shape index (κ1) is 13.9. The fraction of sp³-hybridized carbons (Fsp3) is 0.909.